The lowest BCUT2D eigenvalue weighted by Gasteiger charge is -2.25. The van der Waals surface area contributed by atoms with Gasteiger partial charge >= 0.3 is 5.97 Å². The highest BCUT2D eigenvalue weighted by atomic mass is 16.5. The summed E-state index contributed by atoms with van der Waals surface area (Å²) in [6.07, 6.45) is 3.26. The van der Waals surface area contributed by atoms with E-state index in [-0.39, 0.29) is 5.91 Å². The van der Waals surface area contributed by atoms with Gasteiger partial charge in [0.1, 0.15) is 11.7 Å². The summed E-state index contributed by atoms with van der Waals surface area (Å²) in [5.41, 5.74) is 3.39. The Morgan fingerprint density at radius 1 is 1.16 bits per heavy atom. The number of rotatable bonds is 5. The van der Waals surface area contributed by atoms with E-state index in [1.54, 1.807) is 54.6 Å². The molecule has 1 amide bonds. The summed E-state index contributed by atoms with van der Waals surface area (Å²) >= 11 is 0. The molecule has 31 heavy (non-hydrogen) atoms. The number of nitrogens with one attached hydrogen (secondary N) is 1. The Balaban J connectivity index is 1.62. The molecule has 0 spiro atoms. The predicted molar refractivity (Wildman–Crippen MR) is 112 cm³/mol. The number of furan rings is 1. The van der Waals surface area contributed by atoms with E-state index in [0.29, 0.717) is 46.3 Å². The quantitative estimate of drug-likeness (QED) is 0.496. The van der Waals surface area contributed by atoms with Gasteiger partial charge in [-0.15, -0.1) is 0 Å². The molecule has 1 atom stereocenters. The molecule has 1 aliphatic rings. The van der Waals surface area contributed by atoms with Gasteiger partial charge in [-0.2, -0.15) is 5.10 Å². The number of hydrogen-bond acceptors (Lipinski definition) is 6. The lowest BCUT2D eigenvalue weighted by molar-refractivity contribution is 0.0526. The molecule has 0 bridgehead atoms. The number of H-pyrrole nitrogens is 1. The Bertz CT molecular complexity index is 1230. The number of hydrogen-bond donors (Lipinski definition) is 1. The molecule has 154 valence electrons. The molecular weight excluding hydrogens is 396 g/mol. The summed E-state index contributed by atoms with van der Waals surface area (Å²) in [6, 6.07) is 15.4. The number of aromatic nitrogens is 3. The van der Waals surface area contributed by atoms with Crippen molar-refractivity contribution in [2.75, 3.05) is 11.5 Å². The van der Waals surface area contributed by atoms with Crippen LogP contribution in [-0.4, -0.2) is 33.7 Å². The lowest BCUT2D eigenvalue weighted by Crippen LogP contribution is -2.29. The average Bonchev–Trinajstić information content (AvgIpc) is 3.52. The van der Waals surface area contributed by atoms with E-state index >= 15 is 0 Å². The van der Waals surface area contributed by atoms with Crippen LogP contribution in [0.2, 0.25) is 0 Å². The number of aromatic amines is 1. The minimum atomic E-state index is -0.504. The third-order valence-corrected chi connectivity index (χ3v) is 5.15. The van der Waals surface area contributed by atoms with Gasteiger partial charge in [0, 0.05) is 17.4 Å². The standard InChI is InChI=1S/C23H18N4O4/c1-2-30-23(29)14-8-10-15(11-9-14)27-21(16-6-3-4-12-24-16)18-19(17-7-5-13-31-17)25-26-20(18)22(27)28/h3-13,21H,2H2,1H3,(H,25,26). The van der Waals surface area contributed by atoms with Gasteiger partial charge in [0.05, 0.1) is 24.1 Å². The highest BCUT2D eigenvalue weighted by molar-refractivity contribution is 6.11. The molecule has 1 aromatic carbocycles. The summed E-state index contributed by atoms with van der Waals surface area (Å²) in [5.74, 6) is -0.0816. The van der Waals surface area contributed by atoms with Gasteiger partial charge in [-0.1, -0.05) is 6.07 Å². The molecule has 5 rings (SSSR count). The SMILES string of the molecule is CCOC(=O)c1ccc(N2C(=O)c3n[nH]c(-c4ccco4)c3C2c2ccccn2)cc1. The topological polar surface area (TPSA) is 101 Å². The first kappa shape index (κ1) is 18.8. The molecule has 8 heteroatoms. The van der Waals surface area contributed by atoms with Crippen molar-refractivity contribution in [2.24, 2.45) is 0 Å². The van der Waals surface area contributed by atoms with E-state index in [4.69, 9.17) is 9.15 Å². The van der Waals surface area contributed by atoms with Crippen molar-refractivity contribution in [3.05, 3.63) is 89.6 Å². The highest BCUT2D eigenvalue weighted by Gasteiger charge is 2.44. The van der Waals surface area contributed by atoms with Crippen LogP contribution in [0, 0.1) is 0 Å². The number of anilines is 1. The second-order valence-corrected chi connectivity index (χ2v) is 6.94. The fourth-order valence-electron chi connectivity index (χ4n) is 3.81. The van der Waals surface area contributed by atoms with Crippen molar-refractivity contribution in [2.45, 2.75) is 13.0 Å². The molecule has 0 fully saturated rings. The van der Waals surface area contributed by atoms with Gasteiger partial charge in [0.15, 0.2) is 11.5 Å². The zero-order valence-electron chi connectivity index (χ0n) is 16.6. The van der Waals surface area contributed by atoms with Crippen LogP contribution >= 0.6 is 0 Å². The van der Waals surface area contributed by atoms with Gasteiger partial charge in [-0.25, -0.2) is 4.79 Å². The van der Waals surface area contributed by atoms with Gasteiger partial charge in [-0.05, 0) is 55.5 Å². The Morgan fingerprint density at radius 3 is 2.68 bits per heavy atom. The Hall–Kier alpha value is -4.20. The van der Waals surface area contributed by atoms with Gasteiger partial charge in [-0.3, -0.25) is 19.8 Å². The van der Waals surface area contributed by atoms with Gasteiger partial charge in [0.2, 0.25) is 0 Å². The second kappa shape index (κ2) is 7.56. The van der Waals surface area contributed by atoms with Gasteiger partial charge in [0.25, 0.3) is 5.91 Å². The van der Waals surface area contributed by atoms with E-state index in [9.17, 15) is 9.59 Å². The Morgan fingerprint density at radius 2 is 2.00 bits per heavy atom. The number of fused-ring (bicyclic) bond motifs is 1. The second-order valence-electron chi connectivity index (χ2n) is 6.94. The molecule has 1 aliphatic heterocycles. The fraction of sp³-hybridized carbons (Fsp3) is 0.130. The molecule has 0 aliphatic carbocycles. The van der Waals surface area contributed by atoms with Crippen LogP contribution in [-0.2, 0) is 4.74 Å². The first-order valence-corrected chi connectivity index (χ1v) is 9.83. The van der Waals surface area contributed by atoms with Crippen molar-refractivity contribution in [1.29, 1.82) is 0 Å². The summed E-state index contributed by atoms with van der Waals surface area (Å²) < 4.78 is 10.6. The van der Waals surface area contributed by atoms with E-state index in [1.165, 1.54) is 0 Å². The molecule has 1 N–H and O–H groups in total. The number of pyridine rings is 1. The number of benzene rings is 1. The third-order valence-electron chi connectivity index (χ3n) is 5.15. The number of amides is 1. The average molecular weight is 414 g/mol. The highest BCUT2D eigenvalue weighted by Crippen LogP contribution is 2.44. The van der Waals surface area contributed by atoms with Crippen molar-refractivity contribution in [3.63, 3.8) is 0 Å². The summed E-state index contributed by atoms with van der Waals surface area (Å²) in [5, 5.41) is 7.22. The van der Waals surface area contributed by atoms with Crippen LogP contribution in [0.15, 0.2) is 71.5 Å². The first-order chi connectivity index (χ1) is 15.2. The zero-order chi connectivity index (χ0) is 21.4. The molecule has 0 saturated heterocycles. The molecule has 4 aromatic rings. The van der Waals surface area contributed by atoms with Crippen LogP contribution < -0.4 is 4.90 Å². The molecule has 1 unspecified atom stereocenters. The lowest BCUT2D eigenvalue weighted by atomic mass is 10.0. The number of carbonyl (C=O) groups is 2. The Labute approximate surface area is 177 Å². The molecule has 0 saturated carbocycles. The van der Waals surface area contributed by atoms with Gasteiger partial charge < -0.3 is 9.15 Å². The zero-order valence-corrected chi connectivity index (χ0v) is 16.6. The summed E-state index contributed by atoms with van der Waals surface area (Å²) in [7, 11) is 0. The smallest absolute Gasteiger partial charge is 0.338 e. The molecule has 8 nitrogen and oxygen atoms in total. The third kappa shape index (κ3) is 3.09. The maximum absolute atomic E-state index is 13.4. The van der Waals surface area contributed by atoms with Crippen molar-refractivity contribution < 1.29 is 18.7 Å². The van der Waals surface area contributed by atoms with Crippen LogP contribution in [0.1, 0.15) is 45.1 Å². The molecule has 4 heterocycles. The van der Waals surface area contributed by atoms with E-state index in [0.717, 1.165) is 0 Å². The van der Waals surface area contributed by atoms with Crippen molar-refractivity contribution in [3.8, 4) is 11.5 Å². The fourth-order valence-corrected chi connectivity index (χ4v) is 3.81. The molecule has 0 radical (unpaired) electrons. The maximum atomic E-state index is 13.4. The van der Waals surface area contributed by atoms with Crippen LogP contribution in [0.3, 0.4) is 0 Å². The Kier molecular flexibility index (Phi) is 4.59. The number of esters is 1. The largest absolute Gasteiger partial charge is 0.463 e. The van der Waals surface area contributed by atoms with Crippen LogP contribution in [0.4, 0.5) is 5.69 Å². The summed E-state index contributed by atoms with van der Waals surface area (Å²) in [6.45, 7) is 2.05. The number of ether oxygens (including phenoxy) is 1. The molecule has 3 aromatic heterocycles. The number of carbonyl (C=O) groups excluding carboxylic acids is 2. The number of nitrogens with zero attached hydrogens (tertiary/aromatic N) is 3. The normalized spacial score (nSPS) is 15.2. The minimum Gasteiger partial charge on any atom is -0.463 e. The van der Waals surface area contributed by atoms with E-state index in [1.807, 2.05) is 24.3 Å². The van der Waals surface area contributed by atoms with Crippen molar-refractivity contribution in [1.82, 2.24) is 15.2 Å². The van der Waals surface area contributed by atoms with Crippen molar-refractivity contribution >= 4 is 17.6 Å². The first-order valence-electron chi connectivity index (χ1n) is 9.83. The maximum Gasteiger partial charge on any atom is 0.338 e. The van der Waals surface area contributed by atoms with Crippen LogP contribution in [0.5, 0.6) is 0 Å². The minimum absolute atomic E-state index is 0.261. The van der Waals surface area contributed by atoms with E-state index in [2.05, 4.69) is 15.2 Å². The molecular formula is C23H18N4O4. The predicted octanol–water partition coefficient (Wildman–Crippen LogP) is 3.99. The van der Waals surface area contributed by atoms with Crippen LogP contribution in [0.25, 0.3) is 11.5 Å². The van der Waals surface area contributed by atoms with E-state index < -0.39 is 12.0 Å². The summed E-state index contributed by atoms with van der Waals surface area (Å²) in [4.78, 5) is 31.5. The monoisotopic (exact) mass is 414 g/mol.